The SMILES string of the molecule is CC(=O)c1ccn2c(C(C)(C)C)ncc2c1. The number of aromatic nitrogens is 2. The van der Waals surface area contributed by atoms with Crippen molar-refractivity contribution in [3.8, 4) is 0 Å². The van der Waals surface area contributed by atoms with E-state index < -0.39 is 0 Å². The fourth-order valence-electron chi connectivity index (χ4n) is 1.77. The Labute approximate surface area is 95.1 Å². The molecule has 3 nitrogen and oxygen atoms in total. The third-order valence-corrected chi connectivity index (χ3v) is 2.61. The van der Waals surface area contributed by atoms with E-state index in [2.05, 4.69) is 25.8 Å². The number of carbonyl (C=O) groups excluding carboxylic acids is 1. The molecule has 0 atom stereocenters. The van der Waals surface area contributed by atoms with Gasteiger partial charge in [0.15, 0.2) is 5.78 Å². The summed E-state index contributed by atoms with van der Waals surface area (Å²) in [5.74, 6) is 1.10. The molecule has 0 aliphatic heterocycles. The van der Waals surface area contributed by atoms with Crippen LogP contribution in [0.4, 0.5) is 0 Å². The van der Waals surface area contributed by atoms with Gasteiger partial charge in [0, 0.05) is 17.2 Å². The van der Waals surface area contributed by atoms with Crippen LogP contribution in [-0.4, -0.2) is 15.2 Å². The fraction of sp³-hybridized carbons (Fsp3) is 0.385. The van der Waals surface area contributed by atoms with Crippen LogP contribution in [0.25, 0.3) is 5.52 Å². The number of rotatable bonds is 1. The van der Waals surface area contributed by atoms with Crippen LogP contribution in [0.15, 0.2) is 24.5 Å². The van der Waals surface area contributed by atoms with Crippen molar-refractivity contribution in [3.63, 3.8) is 0 Å². The summed E-state index contributed by atoms with van der Waals surface area (Å²) < 4.78 is 2.03. The highest BCUT2D eigenvalue weighted by molar-refractivity contribution is 5.95. The zero-order valence-corrected chi connectivity index (χ0v) is 10.1. The van der Waals surface area contributed by atoms with Gasteiger partial charge in [0.1, 0.15) is 5.82 Å². The molecule has 0 saturated heterocycles. The number of imidazole rings is 1. The molecule has 0 saturated carbocycles. The molecule has 0 spiro atoms. The monoisotopic (exact) mass is 216 g/mol. The van der Waals surface area contributed by atoms with Crippen LogP contribution in [0.5, 0.6) is 0 Å². The molecule has 3 heteroatoms. The normalized spacial score (nSPS) is 12.0. The summed E-state index contributed by atoms with van der Waals surface area (Å²) >= 11 is 0. The summed E-state index contributed by atoms with van der Waals surface area (Å²) in [5.41, 5.74) is 1.70. The average Bonchev–Trinajstić information content (AvgIpc) is 2.58. The summed E-state index contributed by atoms with van der Waals surface area (Å²) in [6, 6.07) is 3.72. The Morgan fingerprint density at radius 3 is 2.62 bits per heavy atom. The fourth-order valence-corrected chi connectivity index (χ4v) is 1.77. The number of pyridine rings is 1. The maximum Gasteiger partial charge on any atom is 0.159 e. The first-order valence-electron chi connectivity index (χ1n) is 5.38. The lowest BCUT2D eigenvalue weighted by atomic mass is 9.96. The van der Waals surface area contributed by atoms with Crippen LogP contribution in [-0.2, 0) is 5.41 Å². The Balaban J connectivity index is 2.64. The third kappa shape index (κ3) is 1.73. The zero-order valence-electron chi connectivity index (χ0n) is 10.1. The van der Waals surface area contributed by atoms with Gasteiger partial charge in [-0.2, -0.15) is 0 Å². The Morgan fingerprint density at radius 1 is 1.38 bits per heavy atom. The molecule has 84 valence electrons. The number of fused-ring (bicyclic) bond motifs is 1. The van der Waals surface area contributed by atoms with Gasteiger partial charge >= 0.3 is 0 Å². The van der Waals surface area contributed by atoms with Crippen LogP contribution >= 0.6 is 0 Å². The van der Waals surface area contributed by atoms with Crippen molar-refractivity contribution in [2.45, 2.75) is 33.1 Å². The molecular formula is C13H16N2O. The van der Waals surface area contributed by atoms with Crippen LogP contribution in [0, 0.1) is 0 Å². The third-order valence-electron chi connectivity index (χ3n) is 2.61. The van der Waals surface area contributed by atoms with Gasteiger partial charge in [0.25, 0.3) is 0 Å². The molecule has 2 aromatic heterocycles. The molecule has 2 aromatic rings. The number of ketones is 1. The lowest BCUT2D eigenvalue weighted by Gasteiger charge is -2.16. The predicted molar refractivity (Wildman–Crippen MR) is 63.9 cm³/mol. The van der Waals surface area contributed by atoms with Crippen molar-refractivity contribution in [1.82, 2.24) is 9.38 Å². The summed E-state index contributed by atoms with van der Waals surface area (Å²) in [4.78, 5) is 15.7. The molecule has 0 aromatic carbocycles. The first kappa shape index (κ1) is 10.9. The molecule has 0 N–H and O–H groups in total. The lowest BCUT2D eigenvalue weighted by Crippen LogP contribution is -2.15. The molecule has 0 radical (unpaired) electrons. The molecule has 2 rings (SSSR count). The van der Waals surface area contributed by atoms with Crippen LogP contribution in [0.2, 0.25) is 0 Å². The van der Waals surface area contributed by atoms with Crippen molar-refractivity contribution in [3.05, 3.63) is 35.9 Å². The lowest BCUT2D eigenvalue weighted by molar-refractivity contribution is 0.101. The Kier molecular flexibility index (Phi) is 2.34. The van der Waals surface area contributed by atoms with E-state index in [0.29, 0.717) is 0 Å². The van der Waals surface area contributed by atoms with E-state index in [1.165, 1.54) is 0 Å². The summed E-state index contributed by atoms with van der Waals surface area (Å²) in [7, 11) is 0. The predicted octanol–water partition coefficient (Wildman–Crippen LogP) is 2.83. The Morgan fingerprint density at radius 2 is 2.06 bits per heavy atom. The minimum atomic E-state index is 0.00412. The second-order valence-electron chi connectivity index (χ2n) is 5.10. The largest absolute Gasteiger partial charge is 0.303 e. The second kappa shape index (κ2) is 3.44. The first-order valence-corrected chi connectivity index (χ1v) is 5.38. The summed E-state index contributed by atoms with van der Waals surface area (Å²) in [5, 5.41) is 0. The van der Waals surface area contributed by atoms with Crippen molar-refractivity contribution in [2.24, 2.45) is 0 Å². The van der Waals surface area contributed by atoms with Crippen molar-refractivity contribution in [2.75, 3.05) is 0 Å². The quantitative estimate of drug-likeness (QED) is 0.687. The van der Waals surface area contributed by atoms with Crippen LogP contribution in [0.3, 0.4) is 0 Å². The molecule has 0 amide bonds. The number of nitrogens with zero attached hydrogens (tertiary/aromatic N) is 2. The summed E-state index contributed by atoms with van der Waals surface area (Å²) in [6.07, 6.45) is 3.73. The minimum absolute atomic E-state index is 0.00412. The summed E-state index contributed by atoms with van der Waals surface area (Å²) in [6.45, 7) is 7.95. The first-order chi connectivity index (χ1) is 7.39. The van der Waals surface area contributed by atoms with Gasteiger partial charge in [0.2, 0.25) is 0 Å². The standard InChI is InChI=1S/C13H16N2O/c1-9(16)10-5-6-15-11(7-10)8-14-12(15)13(2,3)4/h5-8H,1-4H3. The van der Waals surface area contributed by atoms with Gasteiger partial charge in [-0.1, -0.05) is 20.8 Å². The van der Waals surface area contributed by atoms with Crippen LogP contribution in [0.1, 0.15) is 43.9 Å². The molecule has 0 aliphatic rings. The van der Waals surface area contributed by atoms with Crippen molar-refractivity contribution in [1.29, 1.82) is 0 Å². The highest BCUT2D eigenvalue weighted by Crippen LogP contribution is 2.22. The van der Waals surface area contributed by atoms with Gasteiger partial charge < -0.3 is 4.40 Å². The van der Waals surface area contributed by atoms with E-state index in [-0.39, 0.29) is 11.2 Å². The topological polar surface area (TPSA) is 34.4 Å². The van der Waals surface area contributed by atoms with E-state index in [0.717, 1.165) is 16.9 Å². The molecule has 2 heterocycles. The zero-order chi connectivity index (χ0) is 11.9. The molecule has 16 heavy (non-hydrogen) atoms. The smallest absolute Gasteiger partial charge is 0.159 e. The maximum absolute atomic E-state index is 11.3. The molecule has 0 aliphatic carbocycles. The van der Waals surface area contributed by atoms with Gasteiger partial charge in [-0.05, 0) is 19.1 Å². The van der Waals surface area contributed by atoms with Crippen LogP contribution < -0.4 is 0 Å². The van der Waals surface area contributed by atoms with Gasteiger partial charge in [-0.3, -0.25) is 4.79 Å². The van der Waals surface area contributed by atoms with E-state index in [1.54, 1.807) is 6.92 Å². The van der Waals surface area contributed by atoms with Crippen molar-refractivity contribution >= 4 is 11.3 Å². The molecule has 0 fully saturated rings. The molecule has 0 bridgehead atoms. The second-order valence-corrected chi connectivity index (χ2v) is 5.10. The molecule has 0 unspecified atom stereocenters. The van der Waals surface area contributed by atoms with Crippen molar-refractivity contribution < 1.29 is 4.79 Å². The van der Waals surface area contributed by atoms with E-state index >= 15 is 0 Å². The Hall–Kier alpha value is -1.64. The van der Waals surface area contributed by atoms with E-state index in [9.17, 15) is 4.79 Å². The molecular weight excluding hydrogens is 200 g/mol. The maximum atomic E-state index is 11.3. The number of carbonyl (C=O) groups is 1. The highest BCUT2D eigenvalue weighted by atomic mass is 16.1. The highest BCUT2D eigenvalue weighted by Gasteiger charge is 2.19. The van der Waals surface area contributed by atoms with Gasteiger partial charge in [-0.25, -0.2) is 4.98 Å². The van der Waals surface area contributed by atoms with Gasteiger partial charge in [0.05, 0.1) is 11.7 Å². The Bertz CT molecular complexity index is 547. The van der Waals surface area contributed by atoms with E-state index in [1.807, 2.05) is 28.9 Å². The van der Waals surface area contributed by atoms with Gasteiger partial charge in [-0.15, -0.1) is 0 Å². The van der Waals surface area contributed by atoms with E-state index in [4.69, 9.17) is 0 Å². The average molecular weight is 216 g/mol. The number of hydrogen-bond donors (Lipinski definition) is 0. The number of hydrogen-bond acceptors (Lipinski definition) is 2. The number of Topliss-reactive ketones (excluding diaryl/α,β-unsaturated/α-hetero) is 1. The minimum Gasteiger partial charge on any atom is -0.303 e.